The number of hydrogen-bond donors (Lipinski definition) is 0. The van der Waals surface area contributed by atoms with E-state index in [2.05, 4.69) is 14.9 Å². The van der Waals surface area contributed by atoms with E-state index in [9.17, 15) is 0 Å². The van der Waals surface area contributed by atoms with E-state index in [0.717, 1.165) is 57.3 Å². The van der Waals surface area contributed by atoms with Gasteiger partial charge in [-0.1, -0.05) is 0 Å². The van der Waals surface area contributed by atoms with Gasteiger partial charge in [-0.2, -0.15) is 0 Å². The number of aromatic nitrogens is 2. The number of piperidine rings is 1. The van der Waals surface area contributed by atoms with E-state index in [1.165, 1.54) is 12.8 Å². The molecule has 6 nitrogen and oxygen atoms in total. The molecule has 126 valence electrons. The first kappa shape index (κ1) is 15.1. The highest BCUT2D eigenvalue weighted by Crippen LogP contribution is 2.38. The lowest BCUT2D eigenvalue weighted by molar-refractivity contribution is -0.0130. The number of anilines is 1. The molecular formula is C17H25N3O3. The molecule has 1 aliphatic carbocycles. The molecular weight excluding hydrogens is 294 g/mol. The molecule has 4 rings (SSSR count). The van der Waals surface area contributed by atoms with Crippen molar-refractivity contribution in [2.75, 3.05) is 38.3 Å². The zero-order valence-corrected chi connectivity index (χ0v) is 13.7. The van der Waals surface area contributed by atoms with Crippen molar-refractivity contribution < 1.29 is 14.2 Å². The second-order valence-corrected chi connectivity index (χ2v) is 7.04. The third-order valence-electron chi connectivity index (χ3n) is 5.14. The normalized spacial score (nSPS) is 30.8. The molecule has 0 unspecified atom stereocenters. The minimum atomic E-state index is -0.0787. The molecule has 2 aliphatic heterocycles. The summed E-state index contributed by atoms with van der Waals surface area (Å²) in [6.45, 7) is 3.51. The Kier molecular flexibility index (Phi) is 4.11. The van der Waals surface area contributed by atoms with Crippen molar-refractivity contribution in [1.29, 1.82) is 0 Å². The Morgan fingerprint density at radius 1 is 1.39 bits per heavy atom. The van der Waals surface area contributed by atoms with Gasteiger partial charge in [0, 0.05) is 32.2 Å². The largest absolute Gasteiger partial charge is 0.481 e. The summed E-state index contributed by atoms with van der Waals surface area (Å²) >= 11 is 0. The number of rotatable bonds is 5. The second kappa shape index (κ2) is 6.24. The fraction of sp³-hybridized carbons (Fsp3) is 0.765. The van der Waals surface area contributed by atoms with Crippen LogP contribution in [0.1, 0.15) is 32.1 Å². The number of methoxy groups -OCH3 is 1. The topological polar surface area (TPSA) is 56.7 Å². The fourth-order valence-corrected chi connectivity index (χ4v) is 3.66. The van der Waals surface area contributed by atoms with Gasteiger partial charge in [-0.3, -0.25) is 0 Å². The van der Waals surface area contributed by atoms with Crippen molar-refractivity contribution in [2.45, 2.75) is 43.8 Å². The van der Waals surface area contributed by atoms with Crippen molar-refractivity contribution >= 4 is 5.82 Å². The summed E-state index contributed by atoms with van der Waals surface area (Å²) < 4.78 is 17.5. The van der Waals surface area contributed by atoms with Crippen molar-refractivity contribution in [3.63, 3.8) is 0 Å². The average molecular weight is 319 g/mol. The van der Waals surface area contributed by atoms with Crippen molar-refractivity contribution in [3.05, 3.63) is 12.4 Å². The minimum Gasteiger partial charge on any atom is -0.481 e. The molecule has 1 spiro atoms. The van der Waals surface area contributed by atoms with Crippen LogP contribution in [0.15, 0.2) is 12.4 Å². The molecule has 1 saturated carbocycles. The number of ether oxygens (including phenoxy) is 3. The van der Waals surface area contributed by atoms with E-state index >= 15 is 0 Å². The Morgan fingerprint density at radius 2 is 2.30 bits per heavy atom. The molecule has 23 heavy (non-hydrogen) atoms. The van der Waals surface area contributed by atoms with Crippen LogP contribution in [-0.2, 0) is 9.47 Å². The second-order valence-electron chi connectivity index (χ2n) is 7.04. The molecule has 0 bridgehead atoms. The Bertz CT molecular complexity index is 552. The molecule has 2 saturated heterocycles. The molecule has 3 heterocycles. The van der Waals surface area contributed by atoms with E-state index in [1.54, 1.807) is 13.4 Å². The van der Waals surface area contributed by atoms with Crippen LogP contribution in [0.25, 0.3) is 0 Å². The summed E-state index contributed by atoms with van der Waals surface area (Å²) in [5.41, 5.74) is -0.0787. The van der Waals surface area contributed by atoms with Crippen molar-refractivity contribution in [1.82, 2.24) is 9.97 Å². The summed E-state index contributed by atoms with van der Waals surface area (Å²) in [6, 6.07) is 1.90. The SMILES string of the molecule is COc1cc(N2CCC[C@@]3(C[C@H](OCC4CC4)CO3)C2)ncn1. The zero-order chi connectivity index (χ0) is 15.7. The molecule has 2 atom stereocenters. The summed E-state index contributed by atoms with van der Waals surface area (Å²) in [7, 11) is 1.63. The van der Waals surface area contributed by atoms with Gasteiger partial charge in [0.05, 0.1) is 25.4 Å². The summed E-state index contributed by atoms with van der Waals surface area (Å²) in [6.07, 6.45) is 7.71. The van der Waals surface area contributed by atoms with Gasteiger partial charge >= 0.3 is 0 Å². The summed E-state index contributed by atoms with van der Waals surface area (Å²) in [5, 5.41) is 0. The van der Waals surface area contributed by atoms with Crippen molar-refractivity contribution in [3.8, 4) is 5.88 Å². The van der Waals surface area contributed by atoms with E-state index < -0.39 is 0 Å². The van der Waals surface area contributed by atoms with Gasteiger partial charge in [0.25, 0.3) is 0 Å². The maximum absolute atomic E-state index is 6.21. The molecule has 1 aromatic rings. The Balaban J connectivity index is 1.40. The Labute approximate surface area is 137 Å². The molecule has 0 amide bonds. The van der Waals surface area contributed by atoms with Gasteiger partial charge in [-0.25, -0.2) is 9.97 Å². The van der Waals surface area contributed by atoms with Crippen LogP contribution in [0, 0.1) is 5.92 Å². The van der Waals surface area contributed by atoms with Gasteiger partial charge in [0.2, 0.25) is 5.88 Å². The van der Waals surface area contributed by atoms with Crippen LogP contribution in [0.2, 0.25) is 0 Å². The van der Waals surface area contributed by atoms with E-state index in [0.29, 0.717) is 5.88 Å². The fourth-order valence-electron chi connectivity index (χ4n) is 3.66. The molecule has 6 heteroatoms. The zero-order valence-electron chi connectivity index (χ0n) is 13.7. The van der Waals surface area contributed by atoms with Crippen molar-refractivity contribution in [2.24, 2.45) is 5.92 Å². The Morgan fingerprint density at radius 3 is 3.13 bits per heavy atom. The first-order chi connectivity index (χ1) is 11.3. The number of nitrogens with zero attached hydrogens (tertiary/aromatic N) is 3. The van der Waals surface area contributed by atoms with Crippen LogP contribution in [-0.4, -0.2) is 55.1 Å². The van der Waals surface area contributed by atoms with Gasteiger partial charge < -0.3 is 19.1 Å². The molecule has 0 N–H and O–H groups in total. The molecule has 3 fully saturated rings. The van der Waals surface area contributed by atoms with Crippen LogP contribution >= 0.6 is 0 Å². The third-order valence-corrected chi connectivity index (χ3v) is 5.14. The third kappa shape index (κ3) is 3.43. The maximum Gasteiger partial charge on any atom is 0.218 e. The molecule has 0 aromatic carbocycles. The quantitative estimate of drug-likeness (QED) is 0.828. The first-order valence-corrected chi connectivity index (χ1v) is 8.63. The van der Waals surface area contributed by atoms with Crippen LogP contribution in [0.5, 0.6) is 5.88 Å². The van der Waals surface area contributed by atoms with Crippen LogP contribution < -0.4 is 9.64 Å². The highest BCUT2D eigenvalue weighted by molar-refractivity contribution is 5.42. The van der Waals surface area contributed by atoms with Crippen LogP contribution in [0.3, 0.4) is 0 Å². The lowest BCUT2D eigenvalue weighted by Gasteiger charge is -2.40. The lowest BCUT2D eigenvalue weighted by Crippen LogP contribution is -2.48. The highest BCUT2D eigenvalue weighted by atomic mass is 16.6. The predicted molar refractivity (Wildman–Crippen MR) is 85.8 cm³/mol. The van der Waals surface area contributed by atoms with E-state index in [1.807, 2.05) is 6.07 Å². The molecule has 1 aromatic heterocycles. The monoisotopic (exact) mass is 319 g/mol. The lowest BCUT2D eigenvalue weighted by atomic mass is 9.89. The predicted octanol–water partition coefficient (Wildman–Crippen LogP) is 2.04. The van der Waals surface area contributed by atoms with E-state index in [-0.39, 0.29) is 11.7 Å². The number of hydrogen-bond acceptors (Lipinski definition) is 6. The standard InChI is InChI=1S/C17H25N3O3/c1-21-16-7-15(18-12-19-16)20-6-2-5-17(11-20)8-14(10-23-17)22-9-13-3-4-13/h7,12-14H,2-6,8-11H2,1H3/t14-,17+/m0/s1. The van der Waals surface area contributed by atoms with E-state index in [4.69, 9.17) is 14.2 Å². The van der Waals surface area contributed by atoms with Gasteiger partial charge in [-0.15, -0.1) is 0 Å². The van der Waals surface area contributed by atoms with Gasteiger partial charge in [0.15, 0.2) is 0 Å². The molecule has 3 aliphatic rings. The minimum absolute atomic E-state index is 0.0787. The smallest absolute Gasteiger partial charge is 0.218 e. The summed E-state index contributed by atoms with van der Waals surface area (Å²) in [5.74, 6) is 2.33. The van der Waals surface area contributed by atoms with Crippen LogP contribution in [0.4, 0.5) is 5.82 Å². The Hall–Kier alpha value is -1.40. The summed E-state index contributed by atoms with van der Waals surface area (Å²) in [4.78, 5) is 10.8. The first-order valence-electron chi connectivity index (χ1n) is 8.63. The maximum atomic E-state index is 6.21. The molecule has 0 radical (unpaired) electrons. The van der Waals surface area contributed by atoms with Gasteiger partial charge in [-0.05, 0) is 31.6 Å². The van der Waals surface area contributed by atoms with Gasteiger partial charge in [0.1, 0.15) is 12.1 Å². The highest BCUT2D eigenvalue weighted by Gasteiger charge is 2.44. The average Bonchev–Trinajstić information content (AvgIpc) is 3.35.